The number of hydrogen-bond donors (Lipinski definition) is 1. The number of nitrogens with one attached hydrogen (secondary N) is 1. The first-order chi connectivity index (χ1) is 16.1. The Bertz CT molecular complexity index is 1120. The number of rotatable bonds is 8. The van der Waals surface area contributed by atoms with Crippen LogP contribution in [0.3, 0.4) is 0 Å². The van der Waals surface area contributed by atoms with Crippen molar-refractivity contribution < 1.29 is 18.7 Å². The molecule has 1 atom stereocenters. The van der Waals surface area contributed by atoms with Crippen molar-refractivity contribution in [2.24, 2.45) is 0 Å². The molecule has 1 N–H and O–H groups in total. The topological polar surface area (TPSA) is 78.3 Å². The Morgan fingerprint density at radius 1 is 1.21 bits per heavy atom. The lowest BCUT2D eigenvalue weighted by atomic mass is 9.99. The van der Waals surface area contributed by atoms with Crippen LogP contribution in [0.4, 0.5) is 15.1 Å². The Kier molecular flexibility index (Phi) is 8.04. The normalized spacial score (nSPS) is 12.4. The third-order valence-electron chi connectivity index (χ3n) is 5.04. The van der Waals surface area contributed by atoms with Gasteiger partial charge in [-0.3, -0.25) is 4.57 Å². The van der Waals surface area contributed by atoms with E-state index < -0.39 is 11.7 Å². The van der Waals surface area contributed by atoms with E-state index in [9.17, 15) is 9.18 Å². The lowest BCUT2D eigenvalue weighted by molar-refractivity contribution is 0.0533. The summed E-state index contributed by atoms with van der Waals surface area (Å²) >= 11 is 0. The lowest BCUT2D eigenvalue weighted by Gasteiger charge is -2.20. The summed E-state index contributed by atoms with van der Waals surface area (Å²) in [5.41, 5.74) is 3.13. The molecule has 3 rings (SSSR count). The van der Waals surface area contributed by atoms with E-state index in [1.807, 2.05) is 40.7 Å². The van der Waals surface area contributed by atoms with Crippen molar-refractivity contribution >= 4 is 12.0 Å². The van der Waals surface area contributed by atoms with Crippen LogP contribution < -0.4 is 5.32 Å². The molecule has 0 bridgehead atoms. The van der Waals surface area contributed by atoms with Gasteiger partial charge in [0, 0.05) is 42.4 Å². The zero-order chi connectivity index (χ0) is 24.9. The summed E-state index contributed by atoms with van der Waals surface area (Å²) in [5.74, 6) is 0.130. The Morgan fingerprint density at radius 3 is 2.53 bits per heavy atom. The Balaban J connectivity index is 2.19. The second-order valence-electron chi connectivity index (χ2n) is 9.24. The molecule has 0 saturated heterocycles. The zero-order valence-corrected chi connectivity index (χ0v) is 20.7. The van der Waals surface area contributed by atoms with Gasteiger partial charge in [0.1, 0.15) is 11.4 Å². The summed E-state index contributed by atoms with van der Waals surface area (Å²) in [5, 5.41) is 3.24. The van der Waals surface area contributed by atoms with Crippen molar-refractivity contribution in [2.75, 3.05) is 19.0 Å². The fourth-order valence-electron chi connectivity index (χ4n) is 3.72. The predicted molar refractivity (Wildman–Crippen MR) is 131 cm³/mol. The number of benzene rings is 1. The molecule has 3 aromatic rings. The summed E-state index contributed by atoms with van der Waals surface area (Å²) in [6, 6.07) is 8.03. The summed E-state index contributed by atoms with van der Waals surface area (Å²) in [6.45, 7) is 10.0. The monoisotopic (exact) mass is 468 g/mol. The highest BCUT2D eigenvalue weighted by Gasteiger charge is 2.26. The van der Waals surface area contributed by atoms with Gasteiger partial charge < -0.3 is 14.8 Å². The van der Waals surface area contributed by atoms with Crippen molar-refractivity contribution in [1.82, 2.24) is 14.5 Å². The molecule has 2 aromatic heterocycles. The molecule has 0 saturated carbocycles. The van der Waals surface area contributed by atoms with Crippen LogP contribution in [0.25, 0.3) is 22.4 Å². The smallest absolute Gasteiger partial charge is 0.418 e. The molecule has 7 nitrogen and oxygen atoms in total. The van der Waals surface area contributed by atoms with E-state index in [-0.39, 0.29) is 11.9 Å². The van der Waals surface area contributed by atoms with E-state index in [1.54, 1.807) is 36.2 Å². The minimum absolute atomic E-state index is 0.0123. The number of carbonyl (C=O) groups excluding carboxylic acids is 1. The molecule has 34 heavy (non-hydrogen) atoms. The molecule has 0 aliphatic heterocycles. The van der Waals surface area contributed by atoms with E-state index in [1.165, 1.54) is 12.1 Å². The molecule has 182 valence electrons. The van der Waals surface area contributed by atoms with Crippen molar-refractivity contribution in [2.45, 2.75) is 59.1 Å². The standard InChI is InChI=1S/C26H33FN4O3/c1-7-8-22-23(21-13-14-28-24(30-21)29-17(2)16-33-6)20(18-9-11-19(27)12-10-18)15-31(22)25(32)34-26(3,4)5/h9-15,17H,7-8,16H2,1-6H3,(H,28,29,30)/t17-/m0/s1. The Labute approximate surface area is 200 Å². The molecule has 0 unspecified atom stereocenters. The molecule has 0 aliphatic rings. The molecule has 0 amide bonds. The molecule has 0 fully saturated rings. The molecular weight excluding hydrogens is 435 g/mol. The van der Waals surface area contributed by atoms with Crippen molar-refractivity contribution in [1.29, 1.82) is 0 Å². The number of anilines is 1. The van der Waals surface area contributed by atoms with Gasteiger partial charge in [-0.05, 0) is 57.9 Å². The molecular formula is C26H33FN4O3. The summed E-state index contributed by atoms with van der Waals surface area (Å²) in [4.78, 5) is 22.2. The minimum atomic E-state index is -0.648. The van der Waals surface area contributed by atoms with Crippen molar-refractivity contribution in [3.63, 3.8) is 0 Å². The third kappa shape index (κ3) is 6.20. The van der Waals surface area contributed by atoms with Gasteiger partial charge in [0.05, 0.1) is 12.3 Å². The van der Waals surface area contributed by atoms with Gasteiger partial charge in [0.2, 0.25) is 5.95 Å². The maximum atomic E-state index is 13.7. The maximum absolute atomic E-state index is 13.7. The fraction of sp³-hybridized carbons (Fsp3) is 0.423. The van der Waals surface area contributed by atoms with Gasteiger partial charge in [-0.1, -0.05) is 25.5 Å². The molecule has 1 aromatic carbocycles. The summed E-state index contributed by atoms with van der Waals surface area (Å²) in [6.07, 6.45) is 4.40. The van der Waals surface area contributed by atoms with E-state index in [2.05, 4.69) is 10.3 Å². The molecule has 2 heterocycles. The van der Waals surface area contributed by atoms with Gasteiger partial charge in [0.15, 0.2) is 0 Å². The first-order valence-electron chi connectivity index (χ1n) is 11.4. The number of methoxy groups -OCH3 is 1. The third-order valence-corrected chi connectivity index (χ3v) is 5.04. The van der Waals surface area contributed by atoms with Crippen LogP contribution in [-0.2, 0) is 15.9 Å². The van der Waals surface area contributed by atoms with E-state index in [4.69, 9.17) is 14.5 Å². The second-order valence-corrected chi connectivity index (χ2v) is 9.24. The van der Waals surface area contributed by atoms with Crippen LogP contribution in [-0.4, -0.2) is 46.0 Å². The fourth-order valence-corrected chi connectivity index (χ4v) is 3.72. The summed E-state index contributed by atoms with van der Waals surface area (Å²) < 4.78 is 26.1. The van der Waals surface area contributed by atoms with Crippen LogP contribution in [0.1, 0.15) is 46.7 Å². The van der Waals surface area contributed by atoms with Gasteiger partial charge in [-0.15, -0.1) is 0 Å². The molecule has 0 radical (unpaired) electrons. The number of halogens is 1. The van der Waals surface area contributed by atoms with Gasteiger partial charge in [-0.25, -0.2) is 19.2 Å². The highest BCUT2D eigenvalue weighted by molar-refractivity contribution is 5.88. The van der Waals surface area contributed by atoms with E-state index >= 15 is 0 Å². The molecule has 0 aliphatic carbocycles. The van der Waals surface area contributed by atoms with Crippen LogP contribution in [0, 0.1) is 5.82 Å². The van der Waals surface area contributed by atoms with Gasteiger partial charge in [0.25, 0.3) is 0 Å². The number of ether oxygens (including phenoxy) is 2. The highest BCUT2D eigenvalue weighted by Crippen LogP contribution is 2.37. The first kappa shape index (κ1) is 25.4. The van der Waals surface area contributed by atoms with Crippen molar-refractivity contribution in [3.05, 3.63) is 54.2 Å². The zero-order valence-electron chi connectivity index (χ0n) is 20.7. The molecule has 0 spiro atoms. The minimum Gasteiger partial charge on any atom is -0.443 e. The average Bonchev–Trinajstić information content (AvgIpc) is 3.13. The van der Waals surface area contributed by atoms with Crippen LogP contribution in [0.5, 0.6) is 0 Å². The largest absolute Gasteiger partial charge is 0.443 e. The number of aromatic nitrogens is 3. The maximum Gasteiger partial charge on any atom is 0.418 e. The number of nitrogens with zero attached hydrogens (tertiary/aromatic N) is 3. The summed E-state index contributed by atoms with van der Waals surface area (Å²) in [7, 11) is 1.64. The van der Waals surface area contributed by atoms with Crippen molar-refractivity contribution in [3.8, 4) is 22.4 Å². The van der Waals surface area contributed by atoms with Gasteiger partial charge in [-0.2, -0.15) is 0 Å². The van der Waals surface area contributed by atoms with E-state index in [0.29, 0.717) is 24.7 Å². The first-order valence-corrected chi connectivity index (χ1v) is 11.4. The number of hydrogen-bond acceptors (Lipinski definition) is 6. The molecule has 8 heteroatoms. The van der Waals surface area contributed by atoms with Crippen LogP contribution in [0.2, 0.25) is 0 Å². The Hall–Kier alpha value is -3.26. The SMILES string of the molecule is CCCc1c(-c2ccnc(N[C@@H](C)COC)n2)c(-c2ccc(F)cc2)cn1C(=O)OC(C)(C)C. The van der Waals surface area contributed by atoms with Crippen LogP contribution in [0.15, 0.2) is 42.7 Å². The average molecular weight is 469 g/mol. The highest BCUT2D eigenvalue weighted by atomic mass is 19.1. The quantitative estimate of drug-likeness (QED) is 0.441. The second kappa shape index (κ2) is 10.8. The predicted octanol–water partition coefficient (Wildman–Crippen LogP) is 5.93. The van der Waals surface area contributed by atoms with E-state index in [0.717, 1.165) is 28.8 Å². The lowest BCUT2D eigenvalue weighted by Crippen LogP contribution is -2.27. The van der Waals surface area contributed by atoms with Gasteiger partial charge >= 0.3 is 6.09 Å². The Morgan fingerprint density at radius 2 is 1.91 bits per heavy atom. The number of carbonyl (C=O) groups is 1. The van der Waals surface area contributed by atoms with Crippen LogP contribution >= 0.6 is 0 Å².